The highest BCUT2D eigenvalue weighted by atomic mass is 19.4. The molecule has 26 heavy (non-hydrogen) atoms. The topological polar surface area (TPSA) is 44.9 Å². The number of anilines is 1. The van der Waals surface area contributed by atoms with Crippen molar-refractivity contribution >= 4 is 28.6 Å². The number of nitrogens with one attached hydrogen (secondary N) is 2. The van der Waals surface area contributed by atoms with Crippen LogP contribution in [0.5, 0.6) is 0 Å². The van der Waals surface area contributed by atoms with Crippen LogP contribution in [0.2, 0.25) is 0 Å². The monoisotopic (exact) mass is 366 g/mol. The molecule has 8 heteroatoms. The van der Waals surface area contributed by atoms with Crippen molar-refractivity contribution in [2.75, 3.05) is 5.32 Å². The number of hydrogen-bond donors (Lipinski definition) is 2. The first-order chi connectivity index (χ1) is 12.3. The van der Waals surface area contributed by atoms with Crippen molar-refractivity contribution in [1.82, 2.24) is 4.98 Å². The number of halogens is 5. The molecule has 0 atom stereocenters. The van der Waals surface area contributed by atoms with Crippen molar-refractivity contribution in [3.8, 4) is 0 Å². The summed E-state index contributed by atoms with van der Waals surface area (Å²) in [4.78, 5) is 14.9. The number of hydrogen-bond acceptors (Lipinski definition) is 1. The van der Waals surface area contributed by atoms with Crippen molar-refractivity contribution in [3.63, 3.8) is 0 Å². The number of carbonyl (C=O) groups is 1. The smallest absolute Gasteiger partial charge is 0.361 e. The van der Waals surface area contributed by atoms with Gasteiger partial charge in [-0.1, -0.05) is 6.07 Å². The van der Waals surface area contributed by atoms with Gasteiger partial charge < -0.3 is 10.3 Å². The van der Waals surface area contributed by atoms with Crippen LogP contribution >= 0.6 is 0 Å². The molecule has 0 aliphatic heterocycles. The van der Waals surface area contributed by atoms with Crippen molar-refractivity contribution in [2.24, 2.45) is 0 Å². The normalized spacial score (nSPS) is 12.0. The SMILES string of the molecule is O=C(C=Cc1ccc(C(F)(F)F)c(F)c1F)Nc1ccc2[nH]ccc2c1. The Morgan fingerprint density at radius 1 is 1.04 bits per heavy atom. The predicted octanol–water partition coefficient (Wildman–Crippen LogP) is 5.12. The zero-order chi connectivity index (χ0) is 18.9. The Hall–Kier alpha value is -3.16. The molecule has 2 aromatic carbocycles. The molecule has 0 spiro atoms. The number of fused-ring (bicyclic) bond motifs is 1. The van der Waals surface area contributed by atoms with Gasteiger partial charge in [-0.3, -0.25) is 4.79 Å². The molecule has 0 aliphatic carbocycles. The van der Waals surface area contributed by atoms with E-state index in [2.05, 4.69) is 10.3 Å². The maximum absolute atomic E-state index is 13.7. The Morgan fingerprint density at radius 2 is 1.81 bits per heavy atom. The minimum atomic E-state index is -5.00. The molecule has 3 nitrogen and oxygen atoms in total. The summed E-state index contributed by atoms with van der Waals surface area (Å²) in [5.74, 6) is -4.31. The van der Waals surface area contributed by atoms with Gasteiger partial charge in [0, 0.05) is 34.4 Å². The van der Waals surface area contributed by atoms with Gasteiger partial charge in [0.1, 0.15) is 0 Å². The lowest BCUT2D eigenvalue weighted by Gasteiger charge is -2.09. The number of H-pyrrole nitrogens is 1. The second-order valence-corrected chi connectivity index (χ2v) is 5.43. The van der Waals surface area contributed by atoms with Gasteiger partial charge in [-0.2, -0.15) is 13.2 Å². The van der Waals surface area contributed by atoms with E-state index in [0.29, 0.717) is 11.8 Å². The summed E-state index contributed by atoms with van der Waals surface area (Å²) in [6, 6.07) is 8.09. The average Bonchev–Trinajstić information content (AvgIpc) is 3.02. The van der Waals surface area contributed by atoms with E-state index in [9.17, 15) is 26.7 Å². The maximum atomic E-state index is 13.7. The van der Waals surface area contributed by atoms with Crippen LogP contribution < -0.4 is 5.32 Å². The van der Waals surface area contributed by atoms with Gasteiger partial charge in [-0.15, -0.1) is 0 Å². The summed E-state index contributed by atoms with van der Waals surface area (Å²) in [5.41, 5.74) is -0.810. The molecule has 3 rings (SSSR count). The lowest BCUT2D eigenvalue weighted by Crippen LogP contribution is -2.10. The highest BCUT2D eigenvalue weighted by Gasteiger charge is 2.35. The summed E-state index contributed by atoms with van der Waals surface area (Å²) in [6.07, 6.45) is -1.45. The number of aromatic amines is 1. The van der Waals surface area contributed by atoms with Crippen molar-refractivity contribution < 1.29 is 26.7 Å². The van der Waals surface area contributed by atoms with Crippen LogP contribution in [0.4, 0.5) is 27.6 Å². The van der Waals surface area contributed by atoms with Crippen LogP contribution in [0.1, 0.15) is 11.1 Å². The lowest BCUT2D eigenvalue weighted by atomic mass is 10.1. The third-order valence-corrected chi connectivity index (χ3v) is 3.65. The molecule has 0 aliphatic rings. The van der Waals surface area contributed by atoms with Crippen LogP contribution in [0.25, 0.3) is 17.0 Å². The quantitative estimate of drug-likeness (QED) is 0.491. The van der Waals surface area contributed by atoms with E-state index in [1.807, 2.05) is 0 Å². The van der Waals surface area contributed by atoms with Crippen LogP contribution in [0.15, 0.2) is 48.7 Å². The summed E-state index contributed by atoms with van der Waals surface area (Å²) in [6.45, 7) is 0. The summed E-state index contributed by atoms with van der Waals surface area (Å²) in [5, 5.41) is 3.39. The molecule has 1 aromatic heterocycles. The zero-order valence-electron chi connectivity index (χ0n) is 13.0. The molecule has 0 unspecified atom stereocenters. The van der Waals surface area contributed by atoms with Gasteiger partial charge in [0.05, 0.1) is 5.56 Å². The first-order valence-electron chi connectivity index (χ1n) is 7.37. The molecule has 1 amide bonds. The second-order valence-electron chi connectivity index (χ2n) is 5.43. The fourth-order valence-electron chi connectivity index (χ4n) is 2.39. The van der Waals surface area contributed by atoms with E-state index in [1.165, 1.54) is 0 Å². The first kappa shape index (κ1) is 17.7. The second kappa shape index (κ2) is 6.62. The maximum Gasteiger partial charge on any atom is 0.419 e. The van der Waals surface area contributed by atoms with Crippen molar-refractivity contribution in [3.05, 3.63) is 71.4 Å². The molecule has 0 fully saturated rings. The molecule has 0 saturated carbocycles. The third-order valence-electron chi connectivity index (χ3n) is 3.65. The summed E-state index contributed by atoms with van der Waals surface area (Å²) in [7, 11) is 0. The van der Waals surface area contributed by atoms with Crippen LogP contribution in [0.3, 0.4) is 0 Å². The van der Waals surface area contributed by atoms with E-state index < -0.39 is 34.8 Å². The van der Waals surface area contributed by atoms with E-state index in [1.54, 1.807) is 30.5 Å². The van der Waals surface area contributed by atoms with Crippen molar-refractivity contribution in [1.29, 1.82) is 0 Å². The van der Waals surface area contributed by atoms with E-state index >= 15 is 0 Å². The van der Waals surface area contributed by atoms with Gasteiger partial charge in [-0.25, -0.2) is 8.78 Å². The standard InChI is InChI=1S/C18H11F5N2O/c19-16-10(1-4-13(17(16)20)18(21,22)23)2-6-15(26)25-12-3-5-14-11(9-12)7-8-24-14/h1-9,24H,(H,25,26). The Morgan fingerprint density at radius 3 is 2.54 bits per heavy atom. The van der Waals surface area contributed by atoms with E-state index in [0.717, 1.165) is 29.1 Å². The Labute approximate surface area is 144 Å². The molecule has 0 saturated heterocycles. The lowest BCUT2D eigenvalue weighted by molar-refractivity contribution is -0.140. The largest absolute Gasteiger partial charge is 0.419 e. The minimum Gasteiger partial charge on any atom is -0.361 e. The summed E-state index contributed by atoms with van der Waals surface area (Å²) >= 11 is 0. The predicted molar refractivity (Wildman–Crippen MR) is 87.3 cm³/mol. The summed E-state index contributed by atoms with van der Waals surface area (Å²) < 4.78 is 64.8. The van der Waals surface area contributed by atoms with Gasteiger partial charge in [0.2, 0.25) is 5.91 Å². The highest BCUT2D eigenvalue weighted by molar-refractivity contribution is 6.03. The zero-order valence-corrected chi connectivity index (χ0v) is 13.0. The van der Waals surface area contributed by atoms with E-state index in [-0.39, 0.29) is 0 Å². The Bertz CT molecular complexity index is 1000. The first-order valence-corrected chi connectivity index (χ1v) is 7.37. The Balaban J connectivity index is 1.76. The molecular formula is C18H11F5N2O. The average molecular weight is 366 g/mol. The fourth-order valence-corrected chi connectivity index (χ4v) is 2.39. The van der Waals surface area contributed by atoms with Gasteiger partial charge in [-0.05, 0) is 36.4 Å². The van der Waals surface area contributed by atoms with Gasteiger partial charge in [0.25, 0.3) is 0 Å². The number of aromatic nitrogens is 1. The molecule has 2 N–H and O–H groups in total. The van der Waals surface area contributed by atoms with Crippen LogP contribution in [-0.2, 0) is 11.0 Å². The number of rotatable bonds is 3. The highest BCUT2D eigenvalue weighted by Crippen LogP contribution is 2.33. The molecule has 0 radical (unpaired) electrons. The molecule has 1 heterocycles. The molecular weight excluding hydrogens is 355 g/mol. The molecule has 0 bridgehead atoms. The van der Waals surface area contributed by atoms with E-state index in [4.69, 9.17) is 0 Å². The van der Waals surface area contributed by atoms with Crippen molar-refractivity contribution in [2.45, 2.75) is 6.18 Å². The number of benzene rings is 2. The third kappa shape index (κ3) is 3.58. The van der Waals surface area contributed by atoms with Gasteiger partial charge >= 0.3 is 6.18 Å². The van der Waals surface area contributed by atoms with Crippen LogP contribution in [-0.4, -0.2) is 10.9 Å². The minimum absolute atomic E-state index is 0.426. The number of amides is 1. The van der Waals surface area contributed by atoms with Gasteiger partial charge in [0.15, 0.2) is 11.6 Å². The van der Waals surface area contributed by atoms with Crippen LogP contribution in [0, 0.1) is 11.6 Å². The fraction of sp³-hybridized carbons (Fsp3) is 0.0556. The Kier molecular flexibility index (Phi) is 4.50. The number of carbonyl (C=O) groups excluding carboxylic acids is 1. The molecule has 134 valence electrons. The number of alkyl halides is 3. The molecule has 3 aromatic rings.